The molecule has 2 aromatic rings. The number of hydrogen-bond acceptors (Lipinski definition) is 5. The molecule has 5 heteroatoms. The molecule has 1 aliphatic carbocycles. The average Bonchev–Trinajstić information content (AvgIpc) is 3.27. The second kappa shape index (κ2) is 6.59. The summed E-state index contributed by atoms with van der Waals surface area (Å²) in [6.45, 7) is 5.40. The lowest BCUT2D eigenvalue weighted by atomic mass is 10.1. The van der Waals surface area contributed by atoms with Crippen LogP contribution in [-0.2, 0) is 0 Å². The maximum Gasteiger partial charge on any atom is 0.123 e. The molecule has 0 radical (unpaired) electrons. The van der Waals surface area contributed by atoms with Gasteiger partial charge in [0.1, 0.15) is 10.8 Å². The Balaban J connectivity index is 1.71. The third-order valence-corrected chi connectivity index (χ3v) is 6.03. The summed E-state index contributed by atoms with van der Waals surface area (Å²) in [5.74, 6) is 0.857. The van der Waals surface area contributed by atoms with Gasteiger partial charge in [0.05, 0.1) is 12.8 Å². The van der Waals surface area contributed by atoms with Crippen molar-refractivity contribution in [3.8, 4) is 16.3 Å². The second-order valence-electron chi connectivity index (χ2n) is 6.46. The quantitative estimate of drug-likeness (QED) is 0.814. The predicted molar refractivity (Wildman–Crippen MR) is 94.0 cm³/mol. The Hall–Kier alpha value is -1.43. The topological polar surface area (TPSA) is 54.4 Å². The van der Waals surface area contributed by atoms with Crippen LogP contribution >= 0.6 is 11.3 Å². The first-order valence-corrected chi connectivity index (χ1v) is 8.84. The summed E-state index contributed by atoms with van der Waals surface area (Å²) in [6.07, 6.45) is 2.25. The van der Waals surface area contributed by atoms with Crippen LogP contribution in [0.15, 0.2) is 24.3 Å². The number of aliphatic hydroxyl groups excluding tert-OH is 1. The van der Waals surface area contributed by atoms with E-state index < -0.39 is 0 Å². The number of benzene rings is 1. The Morgan fingerprint density at radius 2 is 2.04 bits per heavy atom. The zero-order valence-electron chi connectivity index (χ0n) is 13.9. The van der Waals surface area contributed by atoms with Gasteiger partial charge in [-0.1, -0.05) is 0 Å². The molecule has 1 aromatic carbocycles. The number of hydrogen-bond donors (Lipinski definition) is 2. The Labute approximate surface area is 141 Å². The number of nitrogens with one attached hydrogen (secondary N) is 1. The molecule has 0 amide bonds. The van der Waals surface area contributed by atoms with Gasteiger partial charge >= 0.3 is 0 Å². The fourth-order valence-corrected chi connectivity index (χ4v) is 3.80. The molecule has 2 N–H and O–H groups in total. The van der Waals surface area contributed by atoms with Gasteiger partial charge in [-0.3, -0.25) is 0 Å². The van der Waals surface area contributed by atoms with E-state index in [2.05, 4.69) is 19.2 Å². The van der Waals surface area contributed by atoms with E-state index in [-0.39, 0.29) is 18.1 Å². The van der Waals surface area contributed by atoms with Gasteiger partial charge in [-0.2, -0.15) is 0 Å². The molecular weight excluding hydrogens is 308 g/mol. The highest BCUT2D eigenvalue weighted by molar-refractivity contribution is 7.15. The molecule has 1 atom stereocenters. The summed E-state index contributed by atoms with van der Waals surface area (Å²) >= 11 is 1.74. The van der Waals surface area contributed by atoms with Crippen LogP contribution in [0.2, 0.25) is 0 Å². The van der Waals surface area contributed by atoms with Crippen LogP contribution in [0, 0.1) is 12.3 Å². The van der Waals surface area contributed by atoms with Crippen LogP contribution < -0.4 is 10.1 Å². The first-order valence-electron chi connectivity index (χ1n) is 8.03. The van der Waals surface area contributed by atoms with Gasteiger partial charge in [-0.15, -0.1) is 11.3 Å². The summed E-state index contributed by atoms with van der Waals surface area (Å²) in [5.41, 5.74) is 2.33. The number of rotatable bonds is 7. The minimum absolute atomic E-state index is 0.131. The van der Waals surface area contributed by atoms with Crippen molar-refractivity contribution in [2.24, 2.45) is 5.41 Å². The predicted octanol–water partition coefficient (Wildman–Crippen LogP) is 3.55. The van der Waals surface area contributed by atoms with Crippen LogP contribution in [0.25, 0.3) is 10.6 Å². The minimum atomic E-state index is 0.131. The van der Waals surface area contributed by atoms with Gasteiger partial charge in [0.15, 0.2) is 0 Å². The van der Waals surface area contributed by atoms with Crippen molar-refractivity contribution in [2.75, 3.05) is 20.3 Å². The van der Waals surface area contributed by atoms with E-state index in [4.69, 9.17) is 9.72 Å². The first-order chi connectivity index (χ1) is 11.1. The second-order valence-corrected chi connectivity index (χ2v) is 7.49. The molecule has 0 aliphatic heterocycles. The minimum Gasteiger partial charge on any atom is -0.497 e. The van der Waals surface area contributed by atoms with Crippen molar-refractivity contribution < 1.29 is 9.84 Å². The van der Waals surface area contributed by atoms with Crippen molar-refractivity contribution in [1.82, 2.24) is 10.3 Å². The monoisotopic (exact) mass is 332 g/mol. The summed E-state index contributed by atoms with van der Waals surface area (Å²) in [5, 5.41) is 14.0. The largest absolute Gasteiger partial charge is 0.497 e. The van der Waals surface area contributed by atoms with Gasteiger partial charge in [0.25, 0.3) is 0 Å². The molecule has 3 rings (SSSR count). The molecule has 0 saturated heterocycles. The molecule has 1 unspecified atom stereocenters. The summed E-state index contributed by atoms with van der Waals surface area (Å²) in [4.78, 5) is 5.99. The number of nitrogens with zero attached hydrogens (tertiary/aromatic N) is 1. The van der Waals surface area contributed by atoms with E-state index in [0.717, 1.165) is 41.4 Å². The van der Waals surface area contributed by atoms with Gasteiger partial charge in [0, 0.05) is 35.0 Å². The van der Waals surface area contributed by atoms with Crippen molar-refractivity contribution in [2.45, 2.75) is 32.7 Å². The maximum atomic E-state index is 9.43. The van der Waals surface area contributed by atoms with Crippen LogP contribution in [0.1, 0.15) is 36.4 Å². The number of thiazole rings is 1. The molecule has 1 saturated carbocycles. The van der Waals surface area contributed by atoms with Crippen molar-refractivity contribution in [3.05, 3.63) is 34.8 Å². The summed E-state index contributed by atoms with van der Waals surface area (Å²) in [6, 6.07) is 8.27. The molecular formula is C18H24N2O2S. The van der Waals surface area contributed by atoms with E-state index in [0.29, 0.717) is 0 Å². The Morgan fingerprint density at radius 3 is 2.61 bits per heavy atom. The Kier molecular flexibility index (Phi) is 4.71. The van der Waals surface area contributed by atoms with Gasteiger partial charge < -0.3 is 15.2 Å². The maximum absolute atomic E-state index is 9.43. The van der Waals surface area contributed by atoms with E-state index in [1.807, 2.05) is 24.3 Å². The van der Waals surface area contributed by atoms with E-state index >= 15 is 0 Å². The molecule has 23 heavy (non-hydrogen) atoms. The molecule has 1 heterocycles. The highest BCUT2D eigenvalue weighted by atomic mass is 32.1. The lowest BCUT2D eigenvalue weighted by Crippen LogP contribution is -2.28. The Bertz CT molecular complexity index is 662. The number of aliphatic hydroxyl groups is 1. The van der Waals surface area contributed by atoms with E-state index in [9.17, 15) is 5.11 Å². The summed E-state index contributed by atoms with van der Waals surface area (Å²) in [7, 11) is 1.67. The van der Waals surface area contributed by atoms with E-state index in [1.165, 1.54) is 4.88 Å². The zero-order valence-corrected chi connectivity index (χ0v) is 14.7. The van der Waals surface area contributed by atoms with Crippen molar-refractivity contribution in [1.29, 1.82) is 0 Å². The van der Waals surface area contributed by atoms with Gasteiger partial charge in [-0.05, 0) is 51.0 Å². The van der Waals surface area contributed by atoms with Crippen LogP contribution in [0.5, 0.6) is 5.75 Å². The third kappa shape index (κ3) is 3.57. The molecule has 1 fully saturated rings. The normalized spacial score (nSPS) is 17.0. The highest BCUT2D eigenvalue weighted by Crippen LogP contribution is 2.44. The molecule has 4 nitrogen and oxygen atoms in total. The van der Waals surface area contributed by atoms with Gasteiger partial charge in [-0.25, -0.2) is 4.98 Å². The Morgan fingerprint density at radius 1 is 1.35 bits per heavy atom. The lowest BCUT2D eigenvalue weighted by molar-refractivity contribution is 0.205. The first kappa shape index (κ1) is 16.4. The van der Waals surface area contributed by atoms with E-state index in [1.54, 1.807) is 18.4 Å². The molecule has 124 valence electrons. The number of aromatic nitrogens is 1. The number of ether oxygens (including phenoxy) is 1. The highest BCUT2D eigenvalue weighted by Gasteiger charge is 2.41. The van der Waals surface area contributed by atoms with Crippen LogP contribution in [0.3, 0.4) is 0 Å². The number of aryl methyl sites for hydroxylation is 1. The molecule has 1 aliphatic rings. The zero-order chi connectivity index (χ0) is 16.4. The number of methoxy groups -OCH3 is 1. The third-order valence-electron chi connectivity index (χ3n) is 4.64. The summed E-state index contributed by atoms with van der Waals surface area (Å²) < 4.78 is 5.21. The molecule has 1 aromatic heterocycles. The fourth-order valence-electron chi connectivity index (χ4n) is 2.70. The smallest absolute Gasteiger partial charge is 0.123 e. The SMILES string of the molecule is COc1ccc(-c2nc(C)c(C(C)NCC3(CO)CC3)s2)cc1. The van der Waals surface area contributed by atoms with Crippen molar-refractivity contribution >= 4 is 11.3 Å². The standard InChI is InChI=1S/C18H24N2O2S/c1-12(19-10-18(11-21)8-9-18)16-13(2)20-17(23-16)14-4-6-15(22-3)7-5-14/h4-7,12,19,21H,8-11H2,1-3H3. The van der Waals surface area contributed by atoms with Gasteiger partial charge in [0.2, 0.25) is 0 Å². The van der Waals surface area contributed by atoms with Crippen LogP contribution in [-0.4, -0.2) is 30.4 Å². The average molecular weight is 332 g/mol. The lowest BCUT2D eigenvalue weighted by Gasteiger charge is -2.17. The van der Waals surface area contributed by atoms with Crippen LogP contribution in [0.4, 0.5) is 0 Å². The fraction of sp³-hybridized carbons (Fsp3) is 0.500. The molecule has 0 spiro atoms. The van der Waals surface area contributed by atoms with Crippen molar-refractivity contribution in [3.63, 3.8) is 0 Å². The molecule has 0 bridgehead atoms.